The maximum Gasteiger partial charge on any atom is 0.250 e. The molecule has 106 valence electrons. The molecule has 1 aliphatic heterocycles. The van der Waals surface area contributed by atoms with Gasteiger partial charge in [0.05, 0.1) is 5.69 Å². The zero-order valence-electron chi connectivity index (χ0n) is 11.4. The summed E-state index contributed by atoms with van der Waals surface area (Å²) in [5, 5.41) is 21.2. The van der Waals surface area contributed by atoms with Crippen molar-refractivity contribution in [1.82, 2.24) is 20.2 Å². The van der Waals surface area contributed by atoms with Crippen LogP contribution in [0.5, 0.6) is 0 Å². The number of aliphatic hydroxyl groups excluding tert-OH is 1. The Morgan fingerprint density at radius 2 is 2.10 bits per heavy atom. The van der Waals surface area contributed by atoms with Crippen molar-refractivity contribution in [2.24, 2.45) is 5.92 Å². The molecule has 1 saturated heterocycles. The summed E-state index contributed by atoms with van der Waals surface area (Å²) in [6.45, 7) is 2.13. The number of rotatable bonds is 4. The van der Waals surface area contributed by atoms with Crippen LogP contribution in [0.2, 0.25) is 0 Å². The monoisotopic (exact) mass is 273 g/mol. The van der Waals surface area contributed by atoms with Gasteiger partial charge >= 0.3 is 0 Å². The molecule has 0 aliphatic carbocycles. The molecular formula is C14H19N5O. The highest BCUT2D eigenvalue weighted by atomic mass is 16.3. The average molecular weight is 273 g/mol. The van der Waals surface area contributed by atoms with Gasteiger partial charge in [0, 0.05) is 19.7 Å². The molecule has 2 aromatic rings. The first-order valence-electron chi connectivity index (χ1n) is 7.08. The number of hydrogen-bond acceptors (Lipinski definition) is 5. The zero-order valence-corrected chi connectivity index (χ0v) is 11.4. The molecule has 1 atom stereocenters. The van der Waals surface area contributed by atoms with Crippen LogP contribution in [-0.2, 0) is 0 Å². The fourth-order valence-electron chi connectivity index (χ4n) is 2.78. The Kier molecular flexibility index (Phi) is 3.92. The maximum absolute atomic E-state index is 9.10. The number of tetrazole rings is 1. The van der Waals surface area contributed by atoms with Crippen LogP contribution in [-0.4, -0.2) is 45.0 Å². The predicted molar refractivity (Wildman–Crippen MR) is 75.8 cm³/mol. The van der Waals surface area contributed by atoms with Crippen molar-refractivity contribution in [2.75, 3.05) is 24.6 Å². The van der Waals surface area contributed by atoms with Gasteiger partial charge in [0.2, 0.25) is 5.95 Å². The summed E-state index contributed by atoms with van der Waals surface area (Å²) in [4.78, 5) is 2.22. The van der Waals surface area contributed by atoms with Crippen molar-refractivity contribution in [3.63, 3.8) is 0 Å². The lowest BCUT2D eigenvalue weighted by Crippen LogP contribution is -2.37. The van der Waals surface area contributed by atoms with Crippen LogP contribution >= 0.6 is 0 Å². The Bertz CT molecular complexity index is 540. The highest BCUT2D eigenvalue weighted by Gasteiger charge is 2.24. The van der Waals surface area contributed by atoms with Crippen LogP contribution in [0.1, 0.15) is 19.3 Å². The van der Waals surface area contributed by atoms with E-state index >= 15 is 0 Å². The van der Waals surface area contributed by atoms with Crippen LogP contribution in [0.3, 0.4) is 0 Å². The van der Waals surface area contributed by atoms with Gasteiger partial charge in [-0.2, -0.15) is 4.68 Å². The van der Waals surface area contributed by atoms with Crippen molar-refractivity contribution < 1.29 is 5.11 Å². The number of benzene rings is 1. The third kappa shape index (κ3) is 2.65. The summed E-state index contributed by atoms with van der Waals surface area (Å²) >= 11 is 0. The molecule has 1 aromatic heterocycles. The van der Waals surface area contributed by atoms with Gasteiger partial charge in [-0.05, 0) is 47.7 Å². The van der Waals surface area contributed by atoms with Gasteiger partial charge in [0.1, 0.15) is 0 Å². The molecule has 0 spiro atoms. The number of aliphatic hydroxyl groups is 1. The summed E-state index contributed by atoms with van der Waals surface area (Å²) in [5.74, 6) is 1.31. The molecular weight excluding hydrogens is 254 g/mol. The van der Waals surface area contributed by atoms with Gasteiger partial charge in [-0.1, -0.05) is 23.3 Å². The molecule has 1 aromatic carbocycles. The highest BCUT2D eigenvalue weighted by molar-refractivity contribution is 5.40. The second kappa shape index (κ2) is 6.00. The highest BCUT2D eigenvalue weighted by Crippen LogP contribution is 2.24. The average Bonchev–Trinajstić information content (AvgIpc) is 2.98. The summed E-state index contributed by atoms with van der Waals surface area (Å²) < 4.78 is 1.78. The Morgan fingerprint density at radius 1 is 1.25 bits per heavy atom. The number of aromatic nitrogens is 4. The number of hydrogen-bond donors (Lipinski definition) is 1. The summed E-state index contributed by atoms with van der Waals surface area (Å²) in [5.41, 5.74) is 0.969. The Labute approximate surface area is 118 Å². The fraction of sp³-hybridized carbons (Fsp3) is 0.500. The summed E-state index contributed by atoms with van der Waals surface area (Å²) in [7, 11) is 0. The molecule has 0 radical (unpaired) electrons. The van der Waals surface area contributed by atoms with E-state index in [1.165, 1.54) is 6.42 Å². The maximum atomic E-state index is 9.10. The number of para-hydroxylation sites is 1. The Balaban J connectivity index is 1.82. The van der Waals surface area contributed by atoms with Gasteiger partial charge in [-0.25, -0.2) is 0 Å². The van der Waals surface area contributed by atoms with Crippen molar-refractivity contribution in [3.05, 3.63) is 30.3 Å². The first-order chi connectivity index (χ1) is 9.88. The molecule has 3 rings (SSSR count). The third-order valence-corrected chi connectivity index (χ3v) is 3.79. The van der Waals surface area contributed by atoms with Gasteiger partial charge in [-0.3, -0.25) is 0 Å². The SMILES string of the molecule is OCCC1CCCN(c2nnnn2-c2ccccc2)C1. The topological polar surface area (TPSA) is 67.1 Å². The molecule has 6 nitrogen and oxygen atoms in total. The Morgan fingerprint density at radius 3 is 2.90 bits per heavy atom. The van der Waals surface area contributed by atoms with E-state index in [0.29, 0.717) is 5.92 Å². The van der Waals surface area contributed by atoms with Crippen LogP contribution in [0, 0.1) is 5.92 Å². The van der Waals surface area contributed by atoms with Crippen LogP contribution in [0.25, 0.3) is 5.69 Å². The molecule has 6 heteroatoms. The summed E-state index contributed by atoms with van der Waals surface area (Å²) in [6.07, 6.45) is 3.14. The van der Waals surface area contributed by atoms with Gasteiger partial charge in [0.15, 0.2) is 0 Å². The predicted octanol–water partition coefficient (Wildman–Crippen LogP) is 1.26. The molecule has 1 unspecified atom stereocenters. The number of piperidine rings is 1. The van der Waals surface area contributed by atoms with Gasteiger partial charge in [-0.15, -0.1) is 0 Å². The minimum absolute atomic E-state index is 0.252. The largest absolute Gasteiger partial charge is 0.396 e. The molecule has 20 heavy (non-hydrogen) atoms. The van der Waals surface area contributed by atoms with Gasteiger partial charge < -0.3 is 10.0 Å². The lowest BCUT2D eigenvalue weighted by Gasteiger charge is -2.32. The van der Waals surface area contributed by atoms with Crippen LogP contribution in [0.15, 0.2) is 30.3 Å². The van der Waals surface area contributed by atoms with E-state index in [0.717, 1.165) is 37.6 Å². The molecule has 0 saturated carbocycles. The zero-order chi connectivity index (χ0) is 13.8. The number of nitrogens with zero attached hydrogens (tertiary/aromatic N) is 5. The molecule has 1 N–H and O–H groups in total. The summed E-state index contributed by atoms with van der Waals surface area (Å²) in [6, 6.07) is 9.92. The van der Waals surface area contributed by atoms with E-state index in [-0.39, 0.29) is 6.61 Å². The standard InChI is InChI=1S/C14H19N5O/c20-10-8-12-5-4-9-18(11-12)14-15-16-17-19(14)13-6-2-1-3-7-13/h1-3,6-7,12,20H,4-5,8-11H2. The molecule has 2 heterocycles. The number of anilines is 1. The minimum Gasteiger partial charge on any atom is -0.396 e. The van der Waals surface area contributed by atoms with E-state index in [1.807, 2.05) is 30.3 Å². The van der Waals surface area contributed by atoms with Crippen molar-refractivity contribution >= 4 is 5.95 Å². The van der Waals surface area contributed by atoms with Gasteiger partial charge in [0.25, 0.3) is 0 Å². The van der Waals surface area contributed by atoms with Crippen LogP contribution in [0.4, 0.5) is 5.95 Å². The minimum atomic E-state index is 0.252. The molecule has 1 fully saturated rings. The van der Waals surface area contributed by atoms with E-state index in [2.05, 4.69) is 20.4 Å². The smallest absolute Gasteiger partial charge is 0.250 e. The second-order valence-corrected chi connectivity index (χ2v) is 5.19. The van der Waals surface area contributed by atoms with Crippen LogP contribution < -0.4 is 4.90 Å². The van der Waals surface area contributed by atoms with E-state index < -0.39 is 0 Å². The molecule has 0 bridgehead atoms. The lowest BCUT2D eigenvalue weighted by molar-refractivity contribution is 0.243. The van der Waals surface area contributed by atoms with E-state index in [1.54, 1.807) is 4.68 Å². The van der Waals surface area contributed by atoms with E-state index in [9.17, 15) is 0 Å². The normalized spacial score (nSPS) is 19.2. The van der Waals surface area contributed by atoms with Crippen molar-refractivity contribution in [3.8, 4) is 5.69 Å². The first-order valence-corrected chi connectivity index (χ1v) is 7.08. The van der Waals surface area contributed by atoms with Crippen molar-refractivity contribution in [1.29, 1.82) is 0 Å². The molecule has 1 aliphatic rings. The lowest BCUT2D eigenvalue weighted by atomic mass is 9.95. The molecule has 0 amide bonds. The van der Waals surface area contributed by atoms with E-state index in [4.69, 9.17) is 5.11 Å². The first kappa shape index (κ1) is 13.1. The Hall–Kier alpha value is -1.95. The third-order valence-electron chi connectivity index (χ3n) is 3.79. The fourth-order valence-corrected chi connectivity index (χ4v) is 2.78. The quantitative estimate of drug-likeness (QED) is 0.908. The second-order valence-electron chi connectivity index (χ2n) is 5.19. The van der Waals surface area contributed by atoms with Crippen molar-refractivity contribution in [2.45, 2.75) is 19.3 Å².